The second-order valence-corrected chi connectivity index (χ2v) is 4.22. The molecule has 0 aromatic heterocycles. The third-order valence-corrected chi connectivity index (χ3v) is 2.83. The highest BCUT2D eigenvalue weighted by Gasteiger charge is 2.11. The smallest absolute Gasteiger partial charge is 0.134 e. The lowest BCUT2D eigenvalue weighted by atomic mass is 10.0. The van der Waals surface area contributed by atoms with Gasteiger partial charge in [-0.15, -0.1) is 0 Å². The molecule has 4 heteroatoms. The van der Waals surface area contributed by atoms with Gasteiger partial charge in [0.05, 0.1) is 0 Å². The highest BCUT2D eigenvalue weighted by Crippen LogP contribution is 2.26. The Balaban J connectivity index is 2.35. The second-order valence-electron chi connectivity index (χ2n) is 4.22. The maximum atomic E-state index is 14.0. The van der Waals surface area contributed by atoms with Crippen LogP contribution in [-0.2, 0) is 6.54 Å². The molecule has 19 heavy (non-hydrogen) atoms. The van der Waals surface area contributed by atoms with Crippen LogP contribution in [0.3, 0.4) is 0 Å². The number of nitrogens with one attached hydrogen (secondary N) is 1. The minimum atomic E-state index is -0.765. The van der Waals surface area contributed by atoms with Gasteiger partial charge in [-0.05, 0) is 30.3 Å². The molecule has 0 fully saturated rings. The Morgan fingerprint density at radius 1 is 0.895 bits per heavy atom. The van der Waals surface area contributed by atoms with Crippen molar-refractivity contribution in [2.45, 2.75) is 13.5 Å². The molecule has 0 aliphatic rings. The molecule has 0 heterocycles. The van der Waals surface area contributed by atoms with E-state index in [1.165, 1.54) is 18.2 Å². The van der Waals surface area contributed by atoms with E-state index in [4.69, 9.17) is 0 Å². The summed E-state index contributed by atoms with van der Waals surface area (Å²) in [5, 5.41) is 3.08. The molecule has 1 N–H and O–H groups in total. The fourth-order valence-electron chi connectivity index (χ4n) is 1.86. The fourth-order valence-corrected chi connectivity index (χ4v) is 1.86. The zero-order chi connectivity index (χ0) is 13.8. The standard InChI is InChI=1S/C15H14F3N/c1-2-19-9-10-3-5-12(14(17)7-10)13-6-4-11(16)8-15(13)18/h3-8,19H,2,9H2,1H3. The van der Waals surface area contributed by atoms with E-state index in [1.54, 1.807) is 6.07 Å². The molecule has 0 bridgehead atoms. The lowest BCUT2D eigenvalue weighted by Gasteiger charge is -2.08. The Bertz CT molecular complexity index is 582. The molecule has 2 aromatic rings. The molecular formula is C15H14F3N. The van der Waals surface area contributed by atoms with Crippen LogP contribution in [0.2, 0.25) is 0 Å². The maximum Gasteiger partial charge on any atom is 0.134 e. The van der Waals surface area contributed by atoms with Crippen LogP contribution in [0.15, 0.2) is 36.4 Å². The molecule has 0 atom stereocenters. The van der Waals surface area contributed by atoms with Gasteiger partial charge in [0.15, 0.2) is 0 Å². The molecule has 0 amide bonds. The van der Waals surface area contributed by atoms with Crippen molar-refractivity contribution < 1.29 is 13.2 Å². The van der Waals surface area contributed by atoms with Gasteiger partial charge in [0.25, 0.3) is 0 Å². The Kier molecular flexibility index (Phi) is 4.22. The Morgan fingerprint density at radius 3 is 2.11 bits per heavy atom. The highest BCUT2D eigenvalue weighted by molar-refractivity contribution is 5.65. The number of benzene rings is 2. The van der Waals surface area contributed by atoms with Gasteiger partial charge in [-0.3, -0.25) is 0 Å². The Labute approximate surface area is 110 Å². The maximum absolute atomic E-state index is 14.0. The van der Waals surface area contributed by atoms with Gasteiger partial charge >= 0.3 is 0 Å². The Morgan fingerprint density at radius 2 is 1.53 bits per heavy atom. The van der Waals surface area contributed by atoms with Gasteiger partial charge in [-0.2, -0.15) is 0 Å². The summed E-state index contributed by atoms with van der Waals surface area (Å²) in [5.74, 6) is -1.95. The first-order valence-electron chi connectivity index (χ1n) is 6.06. The molecule has 0 aliphatic heterocycles. The molecule has 0 unspecified atom stereocenters. The van der Waals surface area contributed by atoms with E-state index < -0.39 is 17.5 Å². The summed E-state index contributed by atoms with van der Waals surface area (Å²) in [6.07, 6.45) is 0. The minimum absolute atomic E-state index is 0.0638. The van der Waals surface area contributed by atoms with Crippen LogP contribution in [0.25, 0.3) is 11.1 Å². The van der Waals surface area contributed by atoms with E-state index in [0.717, 1.165) is 24.2 Å². The SMILES string of the molecule is CCNCc1ccc(-c2ccc(F)cc2F)c(F)c1. The summed E-state index contributed by atoms with van der Waals surface area (Å²) in [7, 11) is 0. The number of rotatable bonds is 4. The lowest BCUT2D eigenvalue weighted by Crippen LogP contribution is -2.11. The molecular weight excluding hydrogens is 251 g/mol. The molecule has 0 radical (unpaired) electrons. The third-order valence-electron chi connectivity index (χ3n) is 2.83. The van der Waals surface area contributed by atoms with Gasteiger partial charge in [-0.25, -0.2) is 13.2 Å². The van der Waals surface area contributed by atoms with Crippen molar-refractivity contribution in [2.75, 3.05) is 6.54 Å². The predicted octanol–water partition coefficient (Wildman–Crippen LogP) is 3.88. The summed E-state index contributed by atoms with van der Waals surface area (Å²) < 4.78 is 40.4. The number of hydrogen-bond acceptors (Lipinski definition) is 1. The normalized spacial score (nSPS) is 10.7. The lowest BCUT2D eigenvalue weighted by molar-refractivity contribution is 0.582. The van der Waals surface area contributed by atoms with Crippen molar-refractivity contribution in [3.8, 4) is 11.1 Å². The van der Waals surface area contributed by atoms with Crippen molar-refractivity contribution in [3.05, 3.63) is 59.4 Å². The van der Waals surface area contributed by atoms with Crippen LogP contribution in [-0.4, -0.2) is 6.54 Å². The largest absolute Gasteiger partial charge is 0.313 e. The first-order chi connectivity index (χ1) is 9.11. The van der Waals surface area contributed by atoms with E-state index in [9.17, 15) is 13.2 Å². The monoisotopic (exact) mass is 265 g/mol. The van der Waals surface area contributed by atoms with Crippen LogP contribution in [0.4, 0.5) is 13.2 Å². The topological polar surface area (TPSA) is 12.0 Å². The molecule has 0 saturated heterocycles. The molecule has 2 aromatic carbocycles. The molecule has 0 saturated carbocycles. The highest BCUT2D eigenvalue weighted by atomic mass is 19.1. The summed E-state index contributed by atoms with van der Waals surface area (Å²) in [6.45, 7) is 3.30. The quantitative estimate of drug-likeness (QED) is 0.884. The van der Waals surface area contributed by atoms with E-state index in [0.29, 0.717) is 6.54 Å². The van der Waals surface area contributed by atoms with Crippen LogP contribution in [0, 0.1) is 17.5 Å². The van der Waals surface area contributed by atoms with Gasteiger partial charge in [0.2, 0.25) is 0 Å². The third kappa shape index (κ3) is 3.15. The average molecular weight is 265 g/mol. The van der Waals surface area contributed by atoms with Crippen molar-refractivity contribution in [1.29, 1.82) is 0 Å². The summed E-state index contributed by atoms with van der Waals surface area (Å²) in [5.41, 5.74) is 0.984. The summed E-state index contributed by atoms with van der Waals surface area (Å²) in [4.78, 5) is 0. The molecule has 0 spiro atoms. The Hall–Kier alpha value is -1.81. The number of hydrogen-bond donors (Lipinski definition) is 1. The van der Waals surface area contributed by atoms with E-state index in [1.807, 2.05) is 6.92 Å². The van der Waals surface area contributed by atoms with Gasteiger partial charge in [0, 0.05) is 23.7 Å². The van der Waals surface area contributed by atoms with Crippen LogP contribution in [0.1, 0.15) is 12.5 Å². The first-order valence-corrected chi connectivity index (χ1v) is 6.06. The summed E-state index contributed by atoms with van der Waals surface area (Å²) in [6, 6.07) is 7.71. The van der Waals surface area contributed by atoms with Crippen molar-refractivity contribution in [1.82, 2.24) is 5.32 Å². The average Bonchev–Trinajstić information content (AvgIpc) is 2.37. The second kappa shape index (κ2) is 5.89. The minimum Gasteiger partial charge on any atom is -0.313 e. The zero-order valence-electron chi connectivity index (χ0n) is 10.5. The van der Waals surface area contributed by atoms with E-state index in [-0.39, 0.29) is 11.1 Å². The van der Waals surface area contributed by atoms with Crippen molar-refractivity contribution >= 4 is 0 Å². The first kappa shape index (κ1) is 13.6. The molecule has 0 aliphatic carbocycles. The van der Waals surface area contributed by atoms with Gasteiger partial charge in [0.1, 0.15) is 17.5 Å². The van der Waals surface area contributed by atoms with Gasteiger partial charge < -0.3 is 5.32 Å². The molecule has 1 nitrogen and oxygen atoms in total. The van der Waals surface area contributed by atoms with Crippen LogP contribution < -0.4 is 5.32 Å². The molecule has 2 rings (SSSR count). The van der Waals surface area contributed by atoms with Crippen LogP contribution >= 0.6 is 0 Å². The van der Waals surface area contributed by atoms with Crippen molar-refractivity contribution in [2.24, 2.45) is 0 Å². The fraction of sp³-hybridized carbons (Fsp3) is 0.200. The molecule has 100 valence electrons. The predicted molar refractivity (Wildman–Crippen MR) is 69.1 cm³/mol. The van der Waals surface area contributed by atoms with E-state index >= 15 is 0 Å². The zero-order valence-corrected chi connectivity index (χ0v) is 10.5. The number of halogens is 3. The van der Waals surface area contributed by atoms with Crippen LogP contribution in [0.5, 0.6) is 0 Å². The van der Waals surface area contributed by atoms with Gasteiger partial charge in [-0.1, -0.05) is 19.1 Å². The van der Waals surface area contributed by atoms with E-state index in [2.05, 4.69) is 5.32 Å². The van der Waals surface area contributed by atoms with Crippen molar-refractivity contribution in [3.63, 3.8) is 0 Å². The summed E-state index contributed by atoms with van der Waals surface area (Å²) >= 11 is 0.